The van der Waals surface area contributed by atoms with Gasteiger partial charge < -0.3 is 19.1 Å². The summed E-state index contributed by atoms with van der Waals surface area (Å²) in [5, 5.41) is 0. The molecule has 2 aliphatic carbocycles. The van der Waals surface area contributed by atoms with Crippen molar-refractivity contribution in [2.75, 3.05) is 5.73 Å². The largest absolute Gasteiger partial charge is 0.436 e. The van der Waals surface area contributed by atoms with E-state index in [2.05, 4.69) is 51.8 Å². The number of rotatable bonds is 7. The fourth-order valence-corrected chi connectivity index (χ4v) is 5.89. The molecule has 0 aliphatic heterocycles. The fraction of sp³-hybridized carbons (Fsp3) is 0.270. The molecule has 4 aromatic carbocycles. The number of imidazole rings is 1. The first kappa shape index (κ1) is 26.7. The fourth-order valence-electron chi connectivity index (χ4n) is 5.89. The Kier molecular flexibility index (Phi) is 6.66. The van der Waals surface area contributed by atoms with Crippen molar-refractivity contribution in [1.82, 2.24) is 19.5 Å². The molecular formula is C37H35N5O2. The molecule has 2 aliphatic rings. The Balaban J connectivity index is 0.000000132. The van der Waals surface area contributed by atoms with Gasteiger partial charge in [0.05, 0.1) is 11.0 Å². The van der Waals surface area contributed by atoms with E-state index in [1.807, 2.05) is 54.6 Å². The number of para-hydroxylation sites is 4. The van der Waals surface area contributed by atoms with E-state index in [1.165, 1.54) is 43.2 Å². The molecule has 3 heterocycles. The molecule has 7 aromatic rings. The number of anilines is 1. The van der Waals surface area contributed by atoms with E-state index in [0.717, 1.165) is 75.2 Å². The summed E-state index contributed by atoms with van der Waals surface area (Å²) in [5.74, 6) is 4.14. The Morgan fingerprint density at radius 1 is 0.705 bits per heavy atom. The number of hydrogen-bond acceptors (Lipinski definition) is 6. The molecule has 3 aromatic heterocycles. The Morgan fingerprint density at radius 3 is 1.93 bits per heavy atom. The van der Waals surface area contributed by atoms with Gasteiger partial charge in [0.1, 0.15) is 16.9 Å². The highest BCUT2D eigenvalue weighted by atomic mass is 16.4. The van der Waals surface area contributed by atoms with Crippen molar-refractivity contribution in [2.45, 2.75) is 52.0 Å². The Labute approximate surface area is 255 Å². The maximum absolute atomic E-state index is 6.19. The molecule has 0 bridgehead atoms. The average molecular weight is 582 g/mol. The van der Waals surface area contributed by atoms with Crippen LogP contribution in [0.5, 0.6) is 0 Å². The zero-order chi connectivity index (χ0) is 29.6. The first-order chi connectivity index (χ1) is 21.6. The minimum absolute atomic E-state index is 0.636. The third kappa shape index (κ3) is 5.46. The van der Waals surface area contributed by atoms with Crippen LogP contribution in [0.15, 0.2) is 93.8 Å². The van der Waals surface area contributed by atoms with Crippen LogP contribution >= 0.6 is 0 Å². The maximum atomic E-state index is 6.19. The maximum Gasteiger partial charge on any atom is 0.227 e. The van der Waals surface area contributed by atoms with Gasteiger partial charge in [-0.15, -0.1) is 0 Å². The Bertz CT molecular complexity index is 2050. The molecule has 0 spiro atoms. The van der Waals surface area contributed by atoms with Crippen molar-refractivity contribution in [3.8, 4) is 22.9 Å². The summed E-state index contributed by atoms with van der Waals surface area (Å²) in [4.78, 5) is 13.8. The molecule has 44 heavy (non-hydrogen) atoms. The van der Waals surface area contributed by atoms with Gasteiger partial charge in [-0.3, -0.25) is 0 Å². The number of hydrogen-bond donors (Lipinski definition) is 1. The molecule has 0 radical (unpaired) electrons. The van der Waals surface area contributed by atoms with E-state index in [0.29, 0.717) is 11.8 Å². The van der Waals surface area contributed by atoms with Gasteiger partial charge >= 0.3 is 0 Å². The molecule has 2 saturated carbocycles. The molecule has 220 valence electrons. The van der Waals surface area contributed by atoms with Crippen molar-refractivity contribution in [1.29, 1.82) is 0 Å². The van der Waals surface area contributed by atoms with Gasteiger partial charge in [0.25, 0.3) is 0 Å². The van der Waals surface area contributed by atoms with Crippen molar-refractivity contribution < 1.29 is 8.83 Å². The lowest BCUT2D eigenvalue weighted by atomic mass is 10.0. The minimum atomic E-state index is 0.636. The summed E-state index contributed by atoms with van der Waals surface area (Å²) in [7, 11) is 0. The molecule has 2 N–H and O–H groups in total. The average Bonchev–Trinajstić information content (AvgIpc) is 3.93. The highest BCUT2D eigenvalue weighted by Crippen LogP contribution is 2.35. The van der Waals surface area contributed by atoms with Crippen LogP contribution in [0.25, 0.3) is 56.1 Å². The smallest absolute Gasteiger partial charge is 0.227 e. The van der Waals surface area contributed by atoms with Gasteiger partial charge in [0.15, 0.2) is 11.2 Å². The summed E-state index contributed by atoms with van der Waals surface area (Å²) in [6, 6.07) is 28.1. The lowest BCUT2D eigenvalue weighted by molar-refractivity contribution is 0.619. The number of nitrogens with zero attached hydrogens (tertiary/aromatic N) is 4. The molecule has 9 rings (SSSR count). The molecule has 7 nitrogen and oxygen atoms in total. The van der Waals surface area contributed by atoms with Gasteiger partial charge in [0.2, 0.25) is 11.8 Å². The number of nitrogens with two attached hydrogens (primary N) is 1. The number of nitrogen functional groups attached to an aromatic ring is 1. The topological polar surface area (TPSA) is 95.9 Å². The summed E-state index contributed by atoms with van der Waals surface area (Å²) in [6.07, 6.45) is 7.80. The van der Waals surface area contributed by atoms with Gasteiger partial charge in [-0.1, -0.05) is 43.2 Å². The van der Waals surface area contributed by atoms with Crippen LogP contribution in [0, 0.1) is 18.8 Å². The summed E-state index contributed by atoms with van der Waals surface area (Å²) < 4.78 is 14.0. The highest BCUT2D eigenvalue weighted by Gasteiger charge is 2.24. The molecule has 7 heteroatoms. The van der Waals surface area contributed by atoms with Gasteiger partial charge in [0, 0.05) is 23.4 Å². The summed E-state index contributed by atoms with van der Waals surface area (Å²) >= 11 is 0. The third-order valence-corrected chi connectivity index (χ3v) is 8.82. The normalized spacial score (nSPS) is 14.8. The lowest BCUT2D eigenvalue weighted by Crippen LogP contribution is -2.01. The molecule has 0 unspecified atom stereocenters. The second-order valence-corrected chi connectivity index (χ2v) is 12.3. The molecule has 2 fully saturated rings. The SMILES string of the molecule is Cc1nc2cc(-c3nc4ccccc4o3)ccc2n1CC1CC1.Nc1cc(-c2nc3ccccc3o2)ccc1CCC1CC1. The van der Waals surface area contributed by atoms with Gasteiger partial charge in [-0.2, -0.15) is 0 Å². The molecule has 0 amide bonds. The Morgan fingerprint density at radius 2 is 1.32 bits per heavy atom. The predicted octanol–water partition coefficient (Wildman–Crippen LogP) is 8.98. The number of oxazole rings is 2. The van der Waals surface area contributed by atoms with Gasteiger partial charge in [-0.25, -0.2) is 15.0 Å². The highest BCUT2D eigenvalue weighted by molar-refractivity contribution is 5.83. The quantitative estimate of drug-likeness (QED) is 0.189. The van der Waals surface area contributed by atoms with E-state index in [9.17, 15) is 0 Å². The van der Waals surface area contributed by atoms with E-state index < -0.39 is 0 Å². The van der Waals surface area contributed by atoms with E-state index in [4.69, 9.17) is 19.6 Å². The van der Waals surface area contributed by atoms with Crippen molar-refractivity contribution >= 4 is 38.9 Å². The summed E-state index contributed by atoms with van der Waals surface area (Å²) in [6.45, 7) is 3.17. The zero-order valence-electron chi connectivity index (χ0n) is 24.9. The monoisotopic (exact) mass is 581 g/mol. The predicted molar refractivity (Wildman–Crippen MR) is 175 cm³/mol. The third-order valence-electron chi connectivity index (χ3n) is 8.82. The van der Waals surface area contributed by atoms with Crippen molar-refractivity contribution in [2.24, 2.45) is 11.8 Å². The number of benzene rings is 4. The first-order valence-electron chi connectivity index (χ1n) is 15.6. The van der Waals surface area contributed by atoms with Crippen LogP contribution in [0.1, 0.15) is 43.5 Å². The van der Waals surface area contributed by atoms with Gasteiger partial charge in [-0.05, 0) is 105 Å². The van der Waals surface area contributed by atoms with E-state index >= 15 is 0 Å². The Hall–Kier alpha value is -4.91. The van der Waals surface area contributed by atoms with Crippen LogP contribution in [-0.2, 0) is 13.0 Å². The second-order valence-electron chi connectivity index (χ2n) is 12.3. The molecular weight excluding hydrogens is 546 g/mol. The number of aromatic nitrogens is 4. The lowest BCUT2D eigenvalue weighted by Gasteiger charge is -2.06. The van der Waals surface area contributed by atoms with Crippen LogP contribution in [0.2, 0.25) is 0 Å². The minimum Gasteiger partial charge on any atom is -0.436 e. The van der Waals surface area contributed by atoms with Crippen LogP contribution < -0.4 is 5.73 Å². The number of fused-ring (bicyclic) bond motifs is 3. The van der Waals surface area contributed by atoms with Crippen LogP contribution in [0.4, 0.5) is 5.69 Å². The van der Waals surface area contributed by atoms with Crippen LogP contribution in [-0.4, -0.2) is 19.5 Å². The van der Waals surface area contributed by atoms with E-state index in [-0.39, 0.29) is 0 Å². The molecule has 0 atom stereocenters. The molecule has 0 saturated heterocycles. The van der Waals surface area contributed by atoms with E-state index in [1.54, 1.807) is 0 Å². The van der Waals surface area contributed by atoms with Crippen molar-refractivity contribution in [3.63, 3.8) is 0 Å². The summed E-state index contributed by atoms with van der Waals surface area (Å²) in [5.41, 5.74) is 15.8. The first-order valence-corrected chi connectivity index (χ1v) is 15.6. The standard InChI is InChI=1S/C19H17N3O.C18H18N2O/c1-12-20-16-10-14(8-9-17(16)22(12)11-13-6-7-13)19-21-15-4-2-3-5-18(15)23-19;19-15-11-14(10-9-13(15)8-7-12-5-6-12)18-20-16-3-1-2-4-17(16)21-18/h2-5,8-10,13H,6-7,11H2,1H3;1-4,9-12H,5-8,19H2. The van der Waals surface area contributed by atoms with Crippen LogP contribution in [0.3, 0.4) is 0 Å². The van der Waals surface area contributed by atoms with Crippen molar-refractivity contribution in [3.05, 3.63) is 96.3 Å². The second kappa shape index (κ2) is 11.0. The zero-order valence-corrected chi connectivity index (χ0v) is 24.9. The number of aryl methyl sites for hydroxylation is 2.